The average molecular weight is 535 g/mol. The molecule has 1 aliphatic heterocycles. The minimum absolute atomic E-state index is 0.0478. The normalized spacial score (nSPS) is 17.1. The van der Waals surface area contributed by atoms with Crippen molar-refractivity contribution in [2.24, 2.45) is 0 Å². The number of aromatic amines is 1. The van der Waals surface area contributed by atoms with E-state index < -0.39 is 17.7 Å². The number of fused-ring (bicyclic) bond motifs is 1. The first-order valence-electron chi connectivity index (χ1n) is 11.6. The van der Waals surface area contributed by atoms with Gasteiger partial charge in [-0.05, 0) is 62.2 Å². The Morgan fingerprint density at radius 2 is 1.65 bits per heavy atom. The summed E-state index contributed by atoms with van der Waals surface area (Å²) in [5.74, 6) is -1.65. The molecule has 6 nitrogen and oxygen atoms in total. The Morgan fingerprint density at radius 1 is 0.973 bits per heavy atom. The molecule has 1 atom stereocenters. The van der Waals surface area contributed by atoms with Crippen molar-refractivity contribution in [3.8, 4) is 5.75 Å². The van der Waals surface area contributed by atoms with E-state index >= 15 is 0 Å². The molecule has 1 fully saturated rings. The van der Waals surface area contributed by atoms with Crippen LogP contribution in [-0.4, -0.2) is 28.9 Å². The number of hydrogen-bond donors (Lipinski definition) is 2. The van der Waals surface area contributed by atoms with E-state index in [1.807, 2.05) is 63.2 Å². The average Bonchev–Trinajstić information content (AvgIpc) is 3.32. The Kier molecular flexibility index (Phi) is 6.26. The highest BCUT2D eigenvalue weighted by Gasteiger charge is 2.48. The summed E-state index contributed by atoms with van der Waals surface area (Å²) in [6, 6.07) is 15.3. The number of anilines is 1. The first-order valence-corrected chi connectivity index (χ1v) is 12.4. The number of aryl methyl sites for hydroxylation is 3. The molecule has 0 radical (unpaired) electrons. The maximum absolute atomic E-state index is 13.6. The molecule has 0 saturated carbocycles. The zero-order valence-corrected chi connectivity index (χ0v) is 22.2. The van der Waals surface area contributed by atoms with Gasteiger partial charge in [0.25, 0.3) is 11.7 Å². The third kappa shape index (κ3) is 3.97. The van der Waals surface area contributed by atoms with Crippen LogP contribution in [0.4, 0.5) is 5.69 Å². The number of nitrogens with zero attached hydrogens (tertiary/aromatic N) is 1. The highest BCUT2D eigenvalue weighted by molar-refractivity contribution is 6.52. The van der Waals surface area contributed by atoms with Crippen LogP contribution in [0.15, 0.2) is 60.2 Å². The molecule has 188 valence electrons. The van der Waals surface area contributed by atoms with Gasteiger partial charge in [0.15, 0.2) is 5.75 Å². The second kappa shape index (κ2) is 9.29. The van der Waals surface area contributed by atoms with Crippen molar-refractivity contribution >= 4 is 57.2 Å². The summed E-state index contributed by atoms with van der Waals surface area (Å²) in [5.41, 5.74) is 5.11. The maximum atomic E-state index is 13.6. The summed E-state index contributed by atoms with van der Waals surface area (Å²) in [4.78, 5) is 32.0. The molecular weight excluding hydrogens is 511 g/mol. The minimum atomic E-state index is -0.891. The number of aliphatic hydroxyl groups excluding tert-OH is 1. The van der Waals surface area contributed by atoms with Gasteiger partial charge in [0.1, 0.15) is 5.76 Å². The Labute approximate surface area is 224 Å². The van der Waals surface area contributed by atoms with Crippen LogP contribution in [0.2, 0.25) is 10.0 Å². The molecule has 1 saturated heterocycles. The van der Waals surface area contributed by atoms with Gasteiger partial charge in [0.2, 0.25) is 0 Å². The van der Waals surface area contributed by atoms with Gasteiger partial charge in [-0.2, -0.15) is 0 Å². The van der Waals surface area contributed by atoms with Crippen LogP contribution in [-0.2, 0) is 9.59 Å². The molecule has 2 N–H and O–H groups in total. The predicted octanol–water partition coefficient (Wildman–Crippen LogP) is 7.03. The van der Waals surface area contributed by atoms with Gasteiger partial charge in [0, 0.05) is 33.4 Å². The molecule has 1 aliphatic rings. The van der Waals surface area contributed by atoms with Crippen LogP contribution >= 0.6 is 23.2 Å². The van der Waals surface area contributed by atoms with Crippen molar-refractivity contribution in [3.63, 3.8) is 0 Å². The molecule has 0 aliphatic carbocycles. The molecular formula is C29H24Cl2N2O4. The van der Waals surface area contributed by atoms with Gasteiger partial charge >= 0.3 is 0 Å². The Morgan fingerprint density at radius 3 is 2.30 bits per heavy atom. The Bertz CT molecular complexity index is 1610. The number of H-pyrrole nitrogens is 1. The quantitative estimate of drug-likeness (QED) is 0.167. The van der Waals surface area contributed by atoms with Gasteiger partial charge in [0.05, 0.1) is 28.8 Å². The van der Waals surface area contributed by atoms with E-state index in [2.05, 4.69) is 4.98 Å². The van der Waals surface area contributed by atoms with Crippen molar-refractivity contribution in [2.45, 2.75) is 26.8 Å². The fraction of sp³-hybridized carbons (Fsp3) is 0.172. The van der Waals surface area contributed by atoms with Gasteiger partial charge in [-0.3, -0.25) is 14.5 Å². The molecule has 1 amide bonds. The van der Waals surface area contributed by atoms with Crippen LogP contribution in [0.25, 0.3) is 16.7 Å². The van der Waals surface area contributed by atoms with Crippen molar-refractivity contribution in [3.05, 3.63) is 98.2 Å². The van der Waals surface area contributed by atoms with Crippen LogP contribution in [0, 0.1) is 20.8 Å². The van der Waals surface area contributed by atoms with E-state index in [4.69, 9.17) is 27.9 Å². The first kappa shape index (κ1) is 24.9. The zero-order valence-electron chi connectivity index (χ0n) is 20.6. The summed E-state index contributed by atoms with van der Waals surface area (Å²) in [5, 5.41) is 12.7. The summed E-state index contributed by atoms with van der Waals surface area (Å²) < 4.78 is 5.22. The largest absolute Gasteiger partial charge is 0.507 e. The number of Topliss-reactive ketones (excluding diaryl/α,β-unsaturated/α-hetero) is 1. The van der Waals surface area contributed by atoms with Gasteiger partial charge in [-0.1, -0.05) is 47.5 Å². The number of nitrogens with one attached hydrogen (secondary N) is 1. The number of hydrogen-bond acceptors (Lipinski definition) is 4. The second-order valence-corrected chi connectivity index (χ2v) is 9.93. The number of ether oxygens (including phenoxy) is 1. The van der Waals surface area contributed by atoms with E-state index in [-0.39, 0.29) is 32.7 Å². The zero-order chi connectivity index (χ0) is 26.6. The van der Waals surface area contributed by atoms with Crippen molar-refractivity contribution in [1.82, 2.24) is 4.98 Å². The number of methoxy groups -OCH3 is 1. The van der Waals surface area contributed by atoms with Crippen molar-refractivity contribution in [1.29, 1.82) is 0 Å². The molecule has 1 unspecified atom stereocenters. The summed E-state index contributed by atoms with van der Waals surface area (Å²) in [6.45, 7) is 5.81. The standard InChI is InChI=1S/C29H24Cl2N2O4/c1-14-9-10-18(11-15(14)2)33-25(23-16(3)32-22-8-6-5-7-19(22)23)24(27(35)29(33)36)26(34)17-12-20(30)28(37-4)21(31)13-17/h5-13,25,32,34H,1-4H3/b26-24+. The number of aromatic nitrogens is 1. The monoisotopic (exact) mass is 534 g/mol. The van der Waals surface area contributed by atoms with E-state index in [1.54, 1.807) is 0 Å². The topological polar surface area (TPSA) is 82.6 Å². The number of halogens is 2. The number of benzene rings is 3. The molecule has 3 aromatic carbocycles. The number of para-hydroxylation sites is 1. The molecule has 4 aromatic rings. The summed E-state index contributed by atoms with van der Waals surface area (Å²) >= 11 is 12.7. The van der Waals surface area contributed by atoms with Crippen molar-refractivity contribution < 1.29 is 19.4 Å². The number of carbonyl (C=O) groups is 2. The van der Waals surface area contributed by atoms with Gasteiger partial charge in [-0.15, -0.1) is 0 Å². The predicted molar refractivity (Wildman–Crippen MR) is 147 cm³/mol. The molecule has 8 heteroatoms. The second-order valence-electron chi connectivity index (χ2n) is 9.12. The fourth-order valence-corrected chi connectivity index (χ4v) is 5.59. The molecule has 0 spiro atoms. The summed E-state index contributed by atoms with van der Waals surface area (Å²) in [7, 11) is 1.43. The van der Waals surface area contributed by atoms with E-state index in [9.17, 15) is 14.7 Å². The van der Waals surface area contributed by atoms with Gasteiger partial charge < -0.3 is 14.8 Å². The number of aliphatic hydroxyl groups is 1. The lowest BCUT2D eigenvalue weighted by Crippen LogP contribution is -2.29. The number of carbonyl (C=O) groups excluding carboxylic acids is 2. The molecule has 0 bridgehead atoms. The Balaban J connectivity index is 1.82. The summed E-state index contributed by atoms with van der Waals surface area (Å²) in [6.07, 6.45) is 0. The van der Waals surface area contributed by atoms with Crippen LogP contribution in [0.3, 0.4) is 0 Å². The highest BCUT2D eigenvalue weighted by Crippen LogP contribution is 2.46. The highest BCUT2D eigenvalue weighted by atomic mass is 35.5. The third-order valence-corrected chi connectivity index (χ3v) is 7.47. The van der Waals surface area contributed by atoms with E-state index in [0.29, 0.717) is 5.69 Å². The minimum Gasteiger partial charge on any atom is -0.507 e. The van der Waals surface area contributed by atoms with Gasteiger partial charge in [-0.25, -0.2) is 0 Å². The molecule has 1 aromatic heterocycles. The smallest absolute Gasteiger partial charge is 0.300 e. The van der Waals surface area contributed by atoms with Crippen LogP contribution < -0.4 is 9.64 Å². The lowest BCUT2D eigenvalue weighted by molar-refractivity contribution is -0.132. The Hall–Kier alpha value is -3.74. The van der Waals surface area contributed by atoms with E-state index in [0.717, 1.165) is 33.3 Å². The lowest BCUT2D eigenvalue weighted by Gasteiger charge is -2.26. The van der Waals surface area contributed by atoms with Crippen molar-refractivity contribution in [2.75, 3.05) is 12.0 Å². The fourth-order valence-electron chi connectivity index (χ4n) is 4.95. The maximum Gasteiger partial charge on any atom is 0.300 e. The first-order chi connectivity index (χ1) is 17.6. The lowest BCUT2D eigenvalue weighted by atomic mass is 9.93. The molecule has 2 heterocycles. The van der Waals surface area contributed by atoms with Crippen LogP contribution in [0.5, 0.6) is 5.75 Å². The number of amides is 1. The van der Waals surface area contributed by atoms with E-state index in [1.165, 1.54) is 24.1 Å². The molecule has 5 rings (SSSR count). The number of ketones is 1. The SMILES string of the molecule is COc1c(Cl)cc(/C(O)=C2\C(=O)C(=O)N(c3ccc(C)c(C)c3)C2c2c(C)[nH]c3ccccc23)cc1Cl. The molecule has 37 heavy (non-hydrogen) atoms. The van der Waals surface area contributed by atoms with Crippen LogP contribution in [0.1, 0.15) is 34.0 Å². The third-order valence-electron chi connectivity index (χ3n) is 6.91. The number of rotatable bonds is 4.